The second kappa shape index (κ2) is 19.2. The summed E-state index contributed by atoms with van der Waals surface area (Å²) in [7, 11) is -4.50. The zero-order chi connectivity index (χ0) is 42.3. The third kappa shape index (κ3) is 11.1. The lowest BCUT2D eigenvalue weighted by atomic mass is 9.99. The Bertz CT molecular complexity index is 2490. The third-order valence-electron chi connectivity index (χ3n) is 10.3. The van der Waals surface area contributed by atoms with Gasteiger partial charge in [-0.1, -0.05) is 80.0 Å². The van der Waals surface area contributed by atoms with Crippen molar-refractivity contribution in [2.75, 3.05) is 53.4 Å². The van der Waals surface area contributed by atoms with Gasteiger partial charge in [0.25, 0.3) is 10.0 Å². The van der Waals surface area contributed by atoms with E-state index in [9.17, 15) is 21.6 Å². The first kappa shape index (κ1) is 43.2. The Balaban J connectivity index is 1.04. The monoisotopic (exact) mass is 873 g/mol. The number of fused-ring (bicyclic) bond motifs is 1. The Hall–Kier alpha value is -4.86. The first-order valence-electron chi connectivity index (χ1n) is 19.8. The fraction of sp³-hybridized carbons (Fsp3) is 0.289. The standard InChI is InChI=1S/C45H47ClF3N7O2S2/c1-31(2)50-20-19-35(29-59-37-11-7-4-8-12-37)53-42-18-15-38(27-41(42)45(47,48)49)60(57,58)54-44-40-17-14-36(26-43(40)51-30-52-44)56-23-21-55(22-24-56)28-33-25-34(46)13-16-39(33)32-9-5-3-6-10-32/h3-18,25-27,30-31,35,50,53H,19-24,28-29H2,1-2H3,(H,51,52,54). The molecule has 6 aromatic rings. The van der Waals surface area contributed by atoms with Crippen molar-refractivity contribution in [1.29, 1.82) is 0 Å². The highest BCUT2D eigenvalue weighted by Crippen LogP contribution is 2.38. The van der Waals surface area contributed by atoms with Crippen LogP contribution < -0.4 is 20.3 Å². The summed E-state index contributed by atoms with van der Waals surface area (Å²) in [5.41, 5.74) is 3.61. The lowest BCUT2D eigenvalue weighted by molar-refractivity contribution is -0.137. The first-order chi connectivity index (χ1) is 28.8. The van der Waals surface area contributed by atoms with Gasteiger partial charge < -0.3 is 15.5 Å². The van der Waals surface area contributed by atoms with Crippen LogP contribution in [0.4, 0.5) is 30.4 Å². The molecule has 15 heteroatoms. The van der Waals surface area contributed by atoms with Crippen LogP contribution in [0.1, 0.15) is 31.4 Å². The Morgan fingerprint density at radius 3 is 2.30 bits per heavy atom. The molecule has 3 N–H and O–H groups in total. The van der Waals surface area contributed by atoms with Crippen molar-refractivity contribution in [1.82, 2.24) is 20.2 Å². The molecule has 5 aromatic carbocycles. The van der Waals surface area contributed by atoms with Gasteiger partial charge in [0.2, 0.25) is 0 Å². The van der Waals surface area contributed by atoms with E-state index in [1.165, 1.54) is 18.5 Å². The number of anilines is 3. The summed E-state index contributed by atoms with van der Waals surface area (Å²) >= 11 is 7.96. The molecule has 0 radical (unpaired) electrons. The molecular formula is C45H47ClF3N7O2S2. The molecule has 0 amide bonds. The normalized spacial score (nSPS) is 14.4. The number of nitrogens with zero attached hydrogens (tertiary/aromatic N) is 4. The van der Waals surface area contributed by atoms with Crippen LogP contribution >= 0.6 is 23.4 Å². The Morgan fingerprint density at radius 1 is 0.850 bits per heavy atom. The maximum absolute atomic E-state index is 14.6. The van der Waals surface area contributed by atoms with Crippen molar-refractivity contribution in [3.8, 4) is 11.1 Å². The van der Waals surface area contributed by atoms with Gasteiger partial charge in [-0.05, 0) is 90.3 Å². The maximum atomic E-state index is 14.6. The second-order valence-electron chi connectivity index (χ2n) is 15.0. The van der Waals surface area contributed by atoms with Crippen molar-refractivity contribution in [3.63, 3.8) is 0 Å². The van der Waals surface area contributed by atoms with E-state index >= 15 is 0 Å². The summed E-state index contributed by atoms with van der Waals surface area (Å²) in [4.78, 5) is 13.7. The van der Waals surface area contributed by atoms with E-state index in [4.69, 9.17) is 11.6 Å². The fourth-order valence-corrected chi connectivity index (χ4v) is 9.48. The van der Waals surface area contributed by atoms with Crippen LogP contribution in [0.5, 0.6) is 0 Å². The highest BCUT2D eigenvalue weighted by Gasteiger charge is 2.36. The Kier molecular flexibility index (Phi) is 13.9. The lowest BCUT2D eigenvalue weighted by Gasteiger charge is -2.36. The van der Waals surface area contributed by atoms with E-state index < -0.39 is 26.7 Å². The highest BCUT2D eigenvalue weighted by molar-refractivity contribution is 7.99. The van der Waals surface area contributed by atoms with Crippen LogP contribution in [0.3, 0.4) is 0 Å². The Morgan fingerprint density at radius 2 is 1.58 bits per heavy atom. The molecule has 1 aromatic heterocycles. The summed E-state index contributed by atoms with van der Waals surface area (Å²) in [6.45, 7) is 8.49. The first-order valence-corrected chi connectivity index (χ1v) is 22.6. The van der Waals surface area contributed by atoms with Gasteiger partial charge in [0.1, 0.15) is 6.33 Å². The number of thioether (sulfide) groups is 1. The molecule has 1 aliphatic rings. The van der Waals surface area contributed by atoms with Crippen LogP contribution in [0, 0.1) is 0 Å². The number of alkyl halides is 3. The Labute approximate surface area is 358 Å². The van der Waals surface area contributed by atoms with Crippen molar-refractivity contribution < 1.29 is 21.6 Å². The van der Waals surface area contributed by atoms with Crippen LogP contribution in [0.25, 0.3) is 22.0 Å². The predicted octanol–water partition coefficient (Wildman–Crippen LogP) is 10.1. The van der Waals surface area contributed by atoms with Crippen molar-refractivity contribution in [2.24, 2.45) is 0 Å². The van der Waals surface area contributed by atoms with Crippen molar-refractivity contribution >= 4 is 61.5 Å². The van der Waals surface area contributed by atoms with E-state index in [1.54, 1.807) is 17.8 Å². The van der Waals surface area contributed by atoms with Gasteiger partial charge in [-0.15, -0.1) is 11.8 Å². The summed E-state index contributed by atoms with van der Waals surface area (Å²) in [5, 5.41) is 7.52. The molecule has 7 rings (SSSR count). The molecule has 0 aliphatic carbocycles. The van der Waals surface area contributed by atoms with Gasteiger partial charge in [0, 0.05) is 77.2 Å². The van der Waals surface area contributed by atoms with Gasteiger partial charge in [0.05, 0.1) is 16.0 Å². The number of sulfonamides is 1. The molecular weight excluding hydrogens is 827 g/mol. The fourth-order valence-electron chi connectivity index (χ4n) is 7.23. The van der Waals surface area contributed by atoms with E-state index in [0.717, 1.165) is 60.0 Å². The van der Waals surface area contributed by atoms with Gasteiger partial charge in [-0.3, -0.25) is 9.62 Å². The lowest BCUT2D eigenvalue weighted by Crippen LogP contribution is -2.46. The molecule has 0 saturated carbocycles. The SMILES string of the molecule is CC(C)NCCC(CSc1ccccc1)Nc1ccc(S(=O)(=O)Nc2ncnc3cc(N4CCN(Cc5cc(Cl)ccc5-c5ccccc5)CC4)ccc23)cc1C(F)(F)F. The minimum atomic E-state index is -4.83. The minimum absolute atomic E-state index is 0.0291. The number of aromatic nitrogens is 2. The van der Waals surface area contributed by atoms with E-state index in [2.05, 4.69) is 53.3 Å². The zero-order valence-corrected chi connectivity index (χ0v) is 35.7. The topological polar surface area (TPSA) is 102 Å². The molecule has 314 valence electrons. The summed E-state index contributed by atoms with van der Waals surface area (Å²) < 4.78 is 73.7. The van der Waals surface area contributed by atoms with Crippen molar-refractivity contribution in [2.45, 2.75) is 54.9 Å². The number of benzene rings is 5. The van der Waals surface area contributed by atoms with E-state index in [1.807, 2.05) is 86.6 Å². The van der Waals surface area contributed by atoms with Gasteiger partial charge in [-0.2, -0.15) is 13.2 Å². The molecule has 1 aliphatic heterocycles. The van der Waals surface area contributed by atoms with E-state index in [0.29, 0.717) is 40.7 Å². The second-order valence-corrected chi connectivity index (χ2v) is 18.2. The summed E-state index contributed by atoms with van der Waals surface area (Å²) in [6, 6.07) is 34.3. The molecule has 60 heavy (non-hydrogen) atoms. The van der Waals surface area contributed by atoms with E-state index in [-0.39, 0.29) is 23.6 Å². The highest BCUT2D eigenvalue weighted by atomic mass is 35.5. The van der Waals surface area contributed by atoms with Crippen LogP contribution in [-0.2, 0) is 22.7 Å². The smallest absolute Gasteiger partial charge is 0.381 e. The zero-order valence-electron chi connectivity index (χ0n) is 33.3. The predicted molar refractivity (Wildman–Crippen MR) is 239 cm³/mol. The average Bonchev–Trinajstić information content (AvgIpc) is 3.23. The largest absolute Gasteiger partial charge is 0.418 e. The molecule has 1 saturated heterocycles. The number of hydrogen-bond donors (Lipinski definition) is 3. The molecule has 1 fully saturated rings. The van der Waals surface area contributed by atoms with Gasteiger partial charge in [-0.25, -0.2) is 18.4 Å². The van der Waals surface area contributed by atoms with Crippen LogP contribution in [-0.4, -0.2) is 73.8 Å². The number of piperazine rings is 1. The molecule has 0 bridgehead atoms. The quantitative estimate of drug-likeness (QED) is 0.0821. The summed E-state index contributed by atoms with van der Waals surface area (Å²) in [5.74, 6) is 0.472. The molecule has 9 nitrogen and oxygen atoms in total. The average molecular weight is 874 g/mol. The molecule has 1 atom stereocenters. The third-order valence-corrected chi connectivity index (χ3v) is 13.1. The van der Waals surface area contributed by atoms with Crippen LogP contribution in [0.2, 0.25) is 5.02 Å². The van der Waals surface area contributed by atoms with Gasteiger partial charge in [0.15, 0.2) is 5.82 Å². The molecule has 2 heterocycles. The number of rotatable bonds is 16. The number of hydrogen-bond acceptors (Lipinski definition) is 9. The molecule has 0 spiro atoms. The minimum Gasteiger partial charge on any atom is -0.381 e. The number of nitrogens with one attached hydrogen (secondary N) is 3. The maximum Gasteiger partial charge on any atom is 0.418 e. The van der Waals surface area contributed by atoms with Gasteiger partial charge >= 0.3 is 6.18 Å². The molecule has 1 unspecified atom stereocenters. The van der Waals surface area contributed by atoms with Crippen molar-refractivity contribution in [3.05, 3.63) is 138 Å². The van der Waals surface area contributed by atoms with Crippen LogP contribution in [0.15, 0.2) is 131 Å². The summed E-state index contributed by atoms with van der Waals surface area (Å²) in [6.07, 6.45) is -3.03. The number of halogens is 4.